The molecule has 35 heavy (non-hydrogen) atoms. The number of H-pyrrole nitrogens is 1. The number of carbonyl (C=O) groups excluding carboxylic acids is 2. The average molecular weight is 490 g/mol. The zero-order valence-corrected chi connectivity index (χ0v) is 21.0. The van der Waals surface area contributed by atoms with Gasteiger partial charge in [-0.1, -0.05) is 30.8 Å². The molecule has 0 unspecified atom stereocenters. The van der Waals surface area contributed by atoms with Gasteiger partial charge in [0.15, 0.2) is 16.8 Å². The minimum Gasteiger partial charge on any atom is -0.462 e. The van der Waals surface area contributed by atoms with Gasteiger partial charge in [-0.3, -0.25) is 14.3 Å². The van der Waals surface area contributed by atoms with Gasteiger partial charge in [-0.25, -0.2) is 4.79 Å². The van der Waals surface area contributed by atoms with Gasteiger partial charge in [0.1, 0.15) is 0 Å². The number of nitrogens with one attached hydrogen (secondary N) is 1. The predicted octanol–water partition coefficient (Wildman–Crippen LogP) is 4.99. The lowest BCUT2D eigenvalue weighted by molar-refractivity contribution is 0.0522. The van der Waals surface area contributed by atoms with E-state index in [1.165, 1.54) is 17.3 Å². The second kappa shape index (κ2) is 10.7. The zero-order chi connectivity index (χ0) is 24.9. The first-order valence-electron chi connectivity index (χ1n) is 11.4. The molecule has 4 aromatic rings. The number of nitrogens with zero attached hydrogens (tertiary/aromatic N) is 4. The highest BCUT2D eigenvalue weighted by molar-refractivity contribution is 7.99. The van der Waals surface area contributed by atoms with Gasteiger partial charge in [0, 0.05) is 35.0 Å². The molecule has 0 amide bonds. The minimum absolute atomic E-state index is 0.0893. The van der Waals surface area contributed by atoms with E-state index >= 15 is 0 Å². The van der Waals surface area contributed by atoms with Crippen LogP contribution in [0.3, 0.4) is 0 Å². The Morgan fingerprint density at radius 2 is 1.66 bits per heavy atom. The number of hydrogen-bond acceptors (Lipinski definition) is 7. The first-order chi connectivity index (χ1) is 16.9. The SMILES string of the molecule is CCOC(=O)c1c(C)[nH]c(C)c1C(=O)CSc1nnc(-c2ccncc2)n1-c1ccc(CC)cc1. The van der Waals surface area contributed by atoms with E-state index in [9.17, 15) is 9.59 Å². The molecule has 0 saturated carbocycles. The monoisotopic (exact) mass is 489 g/mol. The Morgan fingerprint density at radius 3 is 2.31 bits per heavy atom. The highest BCUT2D eigenvalue weighted by Crippen LogP contribution is 2.29. The fourth-order valence-electron chi connectivity index (χ4n) is 3.96. The molecular weight excluding hydrogens is 462 g/mol. The second-order valence-electron chi connectivity index (χ2n) is 7.95. The summed E-state index contributed by atoms with van der Waals surface area (Å²) in [6.07, 6.45) is 4.35. The molecule has 0 bridgehead atoms. The van der Waals surface area contributed by atoms with Gasteiger partial charge >= 0.3 is 5.97 Å². The maximum absolute atomic E-state index is 13.3. The van der Waals surface area contributed by atoms with Crippen LogP contribution in [-0.4, -0.2) is 48.8 Å². The van der Waals surface area contributed by atoms with Gasteiger partial charge in [-0.15, -0.1) is 10.2 Å². The molecule has 0 aliphatic carbocycles. The summed E-state index contributed by atoms with van der Waals surface area (Å²) < 4.78 is 7.11. The van der Waals surface area contributed by atoms with Crippen molar-refractivity contribution in [2.75, 3.05) is 12.4 Å². The van der Waals surface area contributed by atoms with Crippen LogP contribution in [0.1, 0.15) is 51.5 Å². The largest absolute Gasteiger partial charge is 0.462 e. The summed E-state index contributed by atoms with van der Waals surface area (Å²) in [6.45, 7) is 7.64. The standard InChI is InChI=1S/C26H27N5O3S/c1-5-18-7-9-20(10-8-18)31-24(19-11-13-27-14-12-19)29-30-26(31)35-15-21(32)22-16(3)28-17(4)23(22)25(33)34-6-2/h7-14,28H,5-6,15H2,1-4H3. The fraction of sp³-hybridized carbons (Fsp3) is 0.269. The highest BCUT2D eigenvalue weighted by Gasteiger charge is 2.26. The number of rotatable bonds is 9. The Bertz CT molecular complexity index is 1340. The number of hydrogen-bond donors (Lipinski definition) is 1. The number of pyridine rings is 1. The zero-order valence-electron chi connectivity index (χ0n) is 20.2. The molecule has 3 heterocycles. The van der Waals surface area contributed by atoms with E-state index in [1.54, 1.807) is 33.2 Å². The Morgan fingerprint density at radius 1 is 0.971 bits per heavy atom. The number of aryl methyl sites for hydroxylation is 3. The number of ketones is 1. The summed E-state index contributed by atoms with van der Waals surface area (Å²) in [7, 11) is 0. The molecule has 0 atom stereocenters. The van der Waals surface area contributed by atoms with Crippen LogP contribution in [0.4, 0.5) is 0 Å². The maximum Gasteiger partial charge on any atom is 0.340 e. The van der Waals surface area contributed by atoms with E-state index in [1.807, 2.05) is 28.8 Å². The number of aromatic amines is 1. The lowest BCUT2D eigenvalue weighted by atomic mass is 10.1. The summed E-state index contributed by atoms with van der Waals surface area (Å²) in [6, 6.07) is 11.9. The van der Waals surface area contributed by atoms with E-state index in [2.05, 4.69) is 39.2 Å². The molecule has 0 radical (unpaired) electrons. The number of ether oxygens (including phenoxy) is 1. The lowest BCUT2D eigenvalue weighted by Gasteiger charge is -2.11. The molecule has 8 nitrogen and oxygen atoms in total. The molecule has 0 aliphatic rings. The summed E-state index contributed by atoms with van der Waals surface area (Å²) in [5.74, 6) is 0.0714. The van der Waals surface area contributed by atoms with Crippen molar-refractivity contribution >= 4 is 23.5 Å². The van der Waals surface area contributed by atoms with E-state index in [0.717, 1.165) is 17.7 Å². The van der Waals surface area contributed by atoms with Crippen LogP contribution < -0.4 is 0 Å². The van der Waals surface area contributed by atoms with Crippen molar-refractivity contribution in [1.82, 2.24) is 24.7 Å². The minimum atomic E-state index is -0.498. The molecule has 0 fully saturated rings. The van der Waals surface area contributed by atoms with Gasteiger partial charge in [-0.05, 0) is 57.0 Å². The number of benzene rings is 1. The third kappa shape index (κ3) is 5.05. The Balaban J connectivity index is 1.67. The Hall–Kier alpha value is -3.72. The topological polar surface area (TPSA) is 103 Å². The first kappa shape index (κ1) is 24.4. The van der Waals surface area contributed by atoms with Crippen molar-refractivity contribution < 1.29 is 14.3 Å². The number of carbonyl (C=O) groups is 2. The number of Topliss-reactive ketones (excluding diaryl/α,β-unsaturated/α-hetero) is 1. The summed E-state index contributed by atoms with van der Waals surface area (Å²) in [5, 5.41) is 9.40. The molecule has 3 aromatic heterocycles. The summed E-state index contributed by atoms with van der Waals surface area (Å²) in [5.41, 5.74) is 4.91. The Kier molecular flexibility index (Phi) is 7.45. The third-order valence-corrected chi connectivity index (χ3v) is 6.57. The smallest absolute Gasteiger partial charge is 0.340 e. The molecule has 0 saturated heterocycles. The highest BCUT2D eigenvalue weighted by atomic mass is 32.2. The second-order valence-corrected chi connectivity index (χ2v) is 8.90. The van der Waals surface area contributed by atoms with E-state index in [0.29, 0.717) is 33.5 Å². The van der Waals surface area contributed by atoms with Crippen LogP contribution >= 0.6 is 11.8 Å². The average Bonchev–Trinajstić information content (AvgIpc) is 3.43. The van der Waals surface area contributed by atoms with Crippen molar-refractivity contribution in [2.24, 2.45) is 0 Å². The molecule has 1 aromatic carbocycles. The third-order valence-electron chi connectivity index (χ3n) is 5.64. The van der Waals surface area contributed by atoms with E-state index in [-0.39, 0.29) is 18.1 Å². The quantitative estimate of drug-likeness (QED) is 0.201. The van der Waals surface area contributed by atoms with Gasteiger partial charge in [0.2, 0.25) is 0 Å². The van der Waals surface area contributed by atoms with Crippen LogP contribution in [-0.2, 0) is 11.2 Å². The van der Waals surface area contributed by atoms with Crippen LogP contribution in [0.25, 0.3) is 17.1 Å². The van der Waals surface area contributed by atoms with Crippen molar-refractivity contribution in [1.29, 1.82) is 0 Å². The molecule has 0 aliphatic heterocycles. The van der Waals surface area contributed by atoms with E-state index < -0.39 is 5.97 Å². The van der Waals surface area contributed by atoms with Crippen molar-refractivity contribution in [3.05, 3.63) is 76.9 Å². The van der Waals surface area contributed by atoms with Crippen molar-refractivity contribution in [3.8, 4) is 17.1 Å². The van der Waals surface area contributed by atoms with Crippen LogP contribution in [0.2, 0.25) is 0 Å². The molecule has 1 N–H and O–H groups in total. The summed E-state index contributed by atoms with van der Waals surface area (Å²) >= 11 is 1.28. The van der Waals surface area contributed by atoms with E-state index in [4.69, 9.17) is 4.74 Å². The van der Waals surface area contributed by atoms with Crippen LogP contribution in [0.15, 0.2) is 53.9 Å². The normalized spacial score (nSPS) is 11.0. The molecule has 9 heteroatoms. The van der Waals surface area contributed by atoms with Crippen LogP contribution in [0, 0.1) is 13.8 Å². The van der Waals surface area contributed by atoms with Crippen molar-refractivity contribution in [2.45, 2.75) is 39.3 Å². The predicted molar refractivity (Wildman–Crippen MR) is 135 cm³/mol. The maximum atomic E-state index is 13.3. The van der Waals surface area contributed by atoms with Crippen molar-refractivity contribution in [3.63, 3.8) is 0 Å². The van der Waals surface area contributed by atoms with Gasteiger partial charge in [-0.2, -0.15) is 0 Å². The van der Waals surface area contributed by atoms with Crippen LogP contribution in [0.5, 0.6) is 0 Å². The molecule has 0 spiro atoms. The summed E-state index contributed by atoms with van der Waals surface area (Å²) in [4.78, 5) is 33.0. The number of aromatic nitrogens is 5. The lowest BCUT2D eigenvalue weighted by Crippen LogP contribution is -2.13. The first-order valence-corrected chi connectivity index (χ1v) is 12.4. The fourth-order valence-corrected chi connectivity index (χ4v) is 4.78. The molecular formula is C26H27N5O3S. The van der Waals surface area contributed by atoms with Gasteiger partial charge < -0.3 is 9.72 Å². The van der Waals surface area contributed by atoms with Gasteiger partial charge in [0.05, 0.1) is 23.5 Å². The Labute approximate surface area is 208 Å². The number of thioether (sulfide) groups is 1. The number of esters is 1. The molecule has 4 rings (SSSR count). The van der Waals surface area contributed by atoms with Gasteiger partial charge in [0.25, 0.3) is 0 Å². The molecule has 180 valence electrons.